The van der Waals surface area contributed by atoms with Crippen LogP contribution in [0.2, 0.25) is 0 Å². The summed E-state index contributed by atoms with van der Waals surface area (Å²) in [6.45, 7) is 0.541. The first-order valence-electron chi connectivity index (χ1n) is 5.59. The van der Waals surface area contributed by atoms with E-state index in [0.717, 1.165) is 6.92 Å². The van der Waals surface area contributed by atoms with Crippen molar-refractivity contribution in [2.45, 2.75) is 13.3 Å². The van der Waals surface area contributed by atoms with Crippen LogP contribution in [0.25, 0.3) is 0 Å². The highest BCUT2D eigenvalue weighted by Crippen LogP contribution is 2.12. The van der Waals surface area contributed by atoms with E-state index < -0.39 is 24.3 Å². The van der Waals surface area contributed by atoms with E-state index in [0.29, 0.717) is 16.2 Å². The van der Waals surface area contributed by atoms with Gasteiger partial charge in [-0.25, -0.2) is 0 Å². The van der Waals surface area contributed by atoms with Gasteiger partial charge in [-0.2, -0.15) is 0 Å². The number of carboxylic acid groups (broad SMARTS) is 1. The molecule has 1 N–H and O–H groups in total. The Morgan fingerprint density at radius 1 is 1.21 bits per heavy atom. The van der Waals surface area contributed by atoms with Gasteiger partial charge in [-0.1, -0.05) is 12.1 Å². The molecule has 0 aliphatic rings. The number of nitrogens with zero attached hydrogens (tertiary/aromatic N) is 1. The predicted octanol–water partition coefficient (Wildman–Crippen LogP) is 0.697. The van der Waals surface area contributed by atoms with Crippen molar-refractivity contribution in [3.63, 3.8) is 0 Å². The number of imide groups is 1. The van der Waals surface area contributed by atoms with E-state index in [9.17, 15) is 14.4 Å². The molecule has 0 aliphatic heterocycles. The number of methoxy groups -OCH3 is 1. The Morgan fingerprint density at radius 3 is 2.21 bits per heavy atom. The molecule has 2 amide bonds. The SMILES string of the molecule is COc1ccc(CC(=O)N(CC(=O)O)C(C)=O)cc1. The number of ether oxygens (including phenoxy) is 1. The summed E-state index contributed by atoms with van der Waals surface area (Å²) >= 11 is 0. The molecule has 6 nitrogen and oxygen atoms in total. The lowest BCUT2D eigenvalue weighted by atomic mass is 10.1. The van der Waals surface area contributed by atoms with E-state index in [-0.39, 0.29) is 6.42 Å². The molecule has 102 valence electrons. The molecule has 1 rings (SSSR count). The van der Waals surface area contributed by atoms with Gasteiger partial charge in [-0.15, -0.1) is 0 Å². The molecule has 0 spiro atoms. The van der Waals surface area contributed by atoms with Crippen LogP contribution in [0.1, 0.15) is 12.5 Å². The van der Waals surface area contributed by atoms with Gasteiger partial charge in [0.2, 0.25) is 11.8 Å². The van der Waals surface area contributed by atoms with Crippen LogP contribution in [-0.2, 0) is 20.8 Å². The Labute approximate surface area is 110 Å². The summed E-state index contributed by atoms with van der Waals surface area (Å²) in [7, 11) is 1.53. The zero-order chi connectivity index (χ0) is 14.4. The Morgan fingerprint density at radius 2 is 1.79 bits per heavy atom. The predicted molar refractivity (Wildman–Crippen MR) is 66.7 cm³/mol. The van der Waals surface area contributed by atoms with Crippen molar-refractivity contribution in [3.05, 3.63) is 29.8 Å². The second-order valence-electron chi connectivity index (χ2n) is 3.92. The van der Waals surface area contributed by atoms with Crippen molar-refractivity contribution in [2.24, 2.45) is 0 Å². The summed E-state index contributed by atoms with van der Waals surface area (Å²) < 4.78 is 4.99. The lowest BCUT2D eigenvalue weighted by Crippen LogP contribution is -2.40. The summed E-state index contributed by atoms with van der Waals surface area (Å²) in [5.41, 5.74) is 0.683. The van der Waals surface area contributed by atoms with Crippen LogP contribution in [0.4, 0.5) is 0 Å². The highest BCUT2D eigenvalue weighted by Gasteiger charge is 2.20. The van der Waals surface area contributed by atoms with E-state index in [2.05, 4.69) is 0 Å². The number of rotatable bonds is 5. The second-order valence-corrected chi connectivity index (χ2v) is 3.92. The highest BCUT2D eigenvalue weighted by molar-refractivity contribution is 5.97. The third-order valence-electron chi connectivity index (χ3n) is 2.49. The molecule has 1 aromatic carbocycles. The quantitative estimate of drug-likeness (QED) is 0.847. The van der Waals surface area contributed by atoms with Crippen LogP contribution in [-0.4, -0.2) is 41.4 Å². The van der Waals surface area contributed by atoms with Gasteiger partial charge in [-0.05, 0) is 17.7 Å². The fraction of sp³-hybridized carbons (Fsp3) is 0.308. The van der Waals surface area contributed by atoms with Crippen molar-refractivity contribution >= 4 is 17.8 Å². The van der Waals surface area contributed by atoms with Gasteiger partial charge in [0.1, 0.15) is 12.3 Å². The number of carbonyl (C=O) groups excluding carboxylic acids is 2. The third-order valence-corrected chi connectivity index (χ3v) is 2.49. The first kappa shape index (κ1) is 14.7. The van der Waals surface area contributed by atoms with Crippen LogP contribution in [0.3, 0.4) is 0 Å². The first-order chi connectivity index (χ1) is 8.93. The van der Waals surface area contributed by atoms with E-state index in [1.807, 2.05) is 0 Å². The molecule has 0 radical (unpaired) electrons. The molecule has 0 bridgehead atoms. The van der Waals surface area contributed by atoms with Gasteiger partial charge < -0.3 is 9.84 Å². The molecule has 0 fully saturated rings. The van der Waals surface area contributed by atoms with Crippen LogP contribution >= 0.6 is 0 Å². The Bertz CT molecular complexity index is 480. The zero-order valence-corrected chi connectivity index (χ0v) is 10.8. The molecule has 0 unspecified atom stereocenters. The van der Waals surface area contributed by atoms with Crippen LogP contribution < -0.4 is 4.74 Å². The van der Waals surface area contributed by atoms with Crippen molar-refractivity contribution in [3.8, 4) is 5.75 Å². The van der Waals surface area contributed by atoms with Gasteiger partial charge in [0.05, 0.1) is 13.5 Å². The largest absolute Gasteiger partial charge is 0.497 e. The summed E-state index contributed by atoms with van der Waals surface area (Å²) in [5, 5.41) is 8.65. The second kappa shape index (κ2) is 6.53. The summed E-state index contributed by atoms with van der Waals surface area (Å²) in [6.07, 6.45) is -0.0309. The Hall–Kier alpha value is -2.37. The maximum atomic E-state index is 11.9. The van der Waals surface area contributed by atoms with Crippen molar-refractivity contribution in [1.82, 2.24) is 4.90 Å². The number of carbonyl (C=O) groups is 3. The van der Waals surface area contributed by atoms with E-state index in [4.69, 9.17) is 9.84 Å². The lowest BCUT2D eigenvalue weighted by Gasteiger charge is -2.16. The molecular weight excluding hydrogens is 250 g/mol. The van der Waals surface area contributed by atoms with Crippen molar-refractivity contribution in [1.29, 1.82) is 0 Å². The Kier molecular flexibility index (Phi) is 5.05. The van der Waals surface area contributed by atoms with Crippen molar-refractivity contribution < 1.29 is 24.2 Å². The summed E-state index contributed by atoms with van der Waals surface area (Å²) in [4.78, 5) is 34.4. The number of benzene rings is 1. The van der Waals surface area contributed by atoms with Gasteiger partial charge in [0.15, 0.2) is 0 Å². The molecule has 19 heavy (non-hydrogen) atoms. The van der Waals surface area contributed by atoms with E-state index in [1.54, 1.807) is 24.3 Å². The van der Waals surface area contributed by atoms with Gasteiger partial charge in [-0.3, -0.25) is 19.3 Å². The molecule has 6 heteroatoms. The molecule has 0 aliphatic carbocycles. The Balaban J connectivity index is 2.75. The number of hydrogen-bond acceptors (Lipinski definition) is 4. The number of aliphatic carboxylic acids is 1. The van der Waals surface area contributed by atoms with E-state index >= 15 is 0 Å². The monoisotopic (exact) mass is 265 g/mol. The molecule has 0 heterocycles. The standard InChI is InChI=1S/C13H15NO5/c1-9(15)14(8-13(17)18)12(16)7-10-3-5-11(19-2)6-4-10/h3-6H,7-8H2,1-2H3,(H,17,18). The summed E-state index contributed by atoms with van der Waals surface area (Å²) in [5.74, 6) is -1.69. The van der Waals surface area contributed by atoms with E-state index in [1.165, 1.54) is 7.11 Å². The minimum Gasteiger partial charge on any atom is -0.497 e. The van der Waals surface area contributed by atoms with Crippen LogP contribution in [0.15, 0.2) is 24.3 Å². The minimum absolute atomic E-state index is 0.0309. The smallest absolute Gasteiger partial charge is 0.323 e. The zero-order valence-electron chi connectivity index (χ0n) is 10.8. The van der Waals surface area contributed by atoms with Crippen LogP contribution in [0, 0.1) is 0 Å². The minimum atomic E-state index is -1.22. The average Bonchev–Trinajstić information content (AvgIpc) is 2.36. The highest BCUT2D eigenvalue weighted by atomic mass is 16.5. The number of amides is 2. The molecule has 0 saturated carbocycles. The first-order valence-corrected chi connectivity index (χ1v) is 5.59. The normalized spacial score (nSPS) is 9.79. The van der Waals surface area contributed by atoms with Gasteiger partial charge in [0.25, 0.3) is 0 Å². The molecule has 0 saturated heterocycles. The summed E-state index contributed by atoms with van der Waals surface area (Å²) in [6, 6.07) is 6.77. The van der Waals surface area contributed by atoms with Crippen LogP contribution in [0.5, 0.6) is 5.75 Å². The molecule has 0 atom stereocenters. The molecular formula is C13H15NO5. The number of carboxylic acids is 1. The van der Waals surface area contributed by atoms with Gasteiger partial charge >= 0.3 is 5.97 Å². The topological polar surface area (TPSA) is 83.9 Å². The lowest BCUT2D eigenvalue weighted by molar-refractivity contribution is -0.151. The average molecular weight is 265 g/mol. The van der Waals surface area contributed by atoms with Crippen molar-refractivity contribution in [2.75, 3.05) is 13.7 Å². The maximum absolute atomic E-state index is 11.9. The maximum Gasteiger partial charge on any atom is 0.323 e. The molecule has 0 aromatic heterocycles. The third kappa shape index (κ3) is 4.42. The fourth-order valence-corrected chi connectivity index (χ4v) is 1.52. The van der Waals surface area contributed by atoms with Gasteiger partial charge in [0, 0.05) is 6.92 Å². The number of hydrogen-bond donors (Lipinski definition) is 1. The molecule has 1 aromatic rings. The fourth-order valence-electron chi connectivity index (χ4n) is 1.52.